The molecule has 6 nitrogen and oxygen atoms in total. The molecule has 1 spiro atoms. The Hall–Kier alpha value is -3.11. The van der Waals surface area contributed by atoms with Gasteiger partial charge in [-0.2, -0.15) is 5.26 Å². The third kappa shape index (κ3) is 4.64. The summed E-state index contributed by atoms with van der Waals surface area (Å²) in [6.07, 6.45) is 2.07. The van der Waals surface area contributed by atoms with E-state index in [0.717, 1.165) is 50.3 Å². The third-order valence-corrected chi connectivity index (χ3v) is 6.45. The molecule has 0 saturated carbocycles. The van der Waals surface area contributed by atoms with Gasteiger partial charge in [0.1, 0.15) is 0 Å². The smallest absolute Gasteiger partial charge is 0.242 e. The molecule has 0 unspecified atom stereocenters. The van der Waals surface area contributed by atoms with Crippen molar-refractivity contribution >= 4 is 11.6 Å². The lowest BCUT2D eigenvalue weighted by molar-refractivity contribution is -0.132. The van der Waals surface area contributed by atoms with Crippen LogP contribution < -0.4 is 15.0 Å². The van der Waals surface area contributed by atoms with E-state index < -0.39 is 5.82 Å². The summed E-state index contributed by atoms with van der Waals surface area (Å²) in [6, 6.07) is 14.1. The fourth-order valence-corrected chi connectivity index (χ4v) is 4.34. The Morgan fingerprint density at radius 1 is 1.23 bits per heavy atom. The molecule has 2 saturated heterocycles. The number of rotatable bonds is 6. The Balaban J connectivity index is 1.49. The van der Waals surface area contributed by atoms with Gasteiger partial charge in [0.2, 0.25) is 5.91 Å². The highest BCUT2D eigenvalue weighted by Crippen LogP contribution is 2.35. The second kappa shape index (κ2) is 8.94. The fraction of sp³-hybridized carbons (Fsp3) is 0.417. The van der Waals surface area contributed by atoms with Crippen molar-refractivity contribution in [3.05, 3.63) is 59.4 Å². The van der Waals surface area contributed by atoms with Crippen molar-refractivity contribution in [2.45, 2.75) is 19.4 Å². The number of nitrogens with zero attached hydrogens (tertiary/aromatic N) is 3. The molecule has 0 radical (unpaired) electrons. The summed E-state index contributed by atoms with van der Waals surface area (Å²) < 4.78 is 19.2. The number of nitriles is 1. The van der Waals surface area contributed by atoms with Gasteiger partial charge >= 0.3 is 0 Å². The average Bonchev–Trinajstić information content (AvgIpc) is 2.78. The molecule has 0 aromatic heterocycles. The van der Waals surface area contributed by atoms with Gasteiger partial charge in [-0.1, -0.05) is 6.07 Å². The van der Waals surface area contributed by atoms with E-state index >= 15 is 0 Å². The second-order valence-electron chi connectivity index (χ2n) is 8.47. The molecule has 2 aromatic carbocycles. The number of nitrogens with one attached hydrogen (secondary N) is 1. The number of halogens is 1. The van der Waals surface area contributed by atoms with Gasteiger partial charge in [-0.25, -0.2) is 4.39 Å². The predicted molar refractivity (Wildman–Crippen MR) is 116 cm³/mol. The number of hydrogen-bond acceptors (Lipinski definition) is 5. The normalized spacial score (nSPS) is 17.0. The Morgan fingerprint density at radius 3 is 2.48 bits per heavy atom. The highest BCUT2D eigenvalue weighted by molar-refractivity contribution is 5.81. The molecule has 162 valence electrons. The topological polar surface area (TPSA) is 68.6 Å². The van der Waals surface area contributed by atoms with E-state index in [1.54, 1.807) is 24.3 Å². The standard InChI is InChI=1S/C24H27FN4O2/c1-31-22-7-4-19(12-21(22)25)14-29(20-5-2-18(13-26)3-6-20)15-23(30)28-10-8-24(9-11-28)16-27-17-24/h2-7,12,27H,8-11,14-17H2,1H3. The second-order valence-corrected chi connectivity index (χ2v) is 8.47. The minimum atomic E-state index is -0.429. The average molecular weight is 423 g/mol. The van der Waals surface area contributed by atoms with Gasteiger partial charge < -0.3 is 19.9 Å². The molecule has 2 aliphatic heterocycles. The van der Waals surface area contributed by atoms with E-state index in [-0.39, 0.29) is 18.2 Å². The van der Waals surface area contributed by atoms with E-state index in [1.807, 2.05) is 21.9 Å². The quantitative estimate of drug-likeness (QED) is 0.775. The van der Waals surface area contributed by atoms with Crippen molar-refractivity contribution in [2.24, 2.45) is 5.41 Å². The number of carbonyl (C=O) groups excluding carboxylic acids is 1. The molecule has 2 fully saturated rings. The fourth-order valence-electron chi connectivity index (χ4n) is 4.34. The number of anilines is 1. The van der Waals surface area contributed by atoms with Crippen LogP contribution in [0.4, 0.5) is 10.1 Å². The molecular formula is C24H27FN4O2. The lowest BCUT2D eigenvalue weighted by atomic mass is 9.73. The zero-order valence-corrected chi connectivity index (χ0v) is 17.7. The van der Waals surface area contributed by atoms with E-state index in [2.05, 4.69) is 11.4 Å². The molecule has 0 bridgehead atoms. The lowest BCUT2D eigenvalue weighted by Crippen LogP contribution is -2.59. The minimum absolute atomic E-state index is 0.0699. The van der Waals surface area contributed by atoms with E-state index in [9.17, 15) is 9.18 Å². The SMILES string of the molecule is COc1ccc(CN(CC(=O)N2CCC3(CC2)CNC3)c2ccc(C#N)cc2)cc1F. The van der Waals surface area contributed by atoms with Crippen LogP contribution in [0.1, 0.15) is 24.0 Å². The molecule has 2 aliphatic rings. The van der Waals surface area contributed by atoms with E-state index in [0.29, 0.717) is 17.5 Å². The maximum Gasteiger partial charge on any atom is 0.242 e. The van der Waals surface area contributed by atoms with Crippen LogP contribution in [-0.2, 0) is 11.3 Å². The van der Waals surface area contributed by atoms with Crippen molar-refractivity contribution in [2.75, 3.05) is 44.7 Å². The molecule has 2 heterocycles. The van der Waals surface area contributed by atoms with Gasteiger partial charge in [-0.15, -0.1) is 0 Å². The number of methoxy groups -OCH3 is 1. The molecule has 31 heavy (non-hydrogen) atoms. The van der Waals surface area contributed by atoms with Gasteiger partial charge in [0.15, 0.2) is 11.6 Å². The van der Waals surface area contributed by atoms with E-state index in [4.69, 9.17) is 10.00 Å². The highest BCUT2D eigenvalue weighted by Gasteiger charge is 2.40. The monoisotopic (exact) mass is 422 g/mol. The van der Waals surface area contributed by atoms with Crippen LogP contribution in [0.3, 0.4) is 0 Å². The van der Waals surface area contributed by atoms with Crippen molar-refractivity contribution in [1.29, 1.82) is 5.26 Å². The van der Waals surface area contributed by atoms with Crippen molar-refractivity contribution in [3.8, 4) is 11.8 Å². The molecule has 0 aliphatic carbocycles. The first-order chi connectivity index (χ1) is 15.0. The van der Waals surface area contributed by atoms with Crippen molar-refractivity contribution in [1.82, 2.24) is 10.2 Å². The maximum absolute atomic E-state index is 14.2. The first kappa shape index (κ1) is 21.1. The molecule has 1 N–H and O–H groups in total. The lowest BCUT2D eigenvalue weighted by Gasteiger charge is -2.48. The van der Waals surface area contributed by atoms with Crippen LogP contribution in [0.5, 0.6) is 5.75 Å². The zero-order chi connectivity index (χ0) is 21.8. The number of likely N-dealkylation sites (tertiary alicyclic amines) is 1. The summed E-state index contributed by atoms with van der Waals surface area (Å²) in [5.41, 5.74) is 2.50. The Bertz CT molecular complexity index is 972. The van der Waals surface area contributed by atoms with Gasteiger partial charge in [-0.05, 0) is 60.2 Å². The number of carbonyl (C=O) groups is 1. The summed E-state index contributed by atoms with van der Waals surface area (Å²) in [7, 11) is 1.43. The summed E-state index contributed by atoms with van der Waals surface area (Å²) in [4.78, 5) is 17.0. The summed E-state index contributed by atoms with van der Waals surface area (Å²) in [5, 5.41) is 12.4. The number of amides is 1. The number of hydrogen-bond donors (Lipinski definition) is 1. The molecule has 2 aromatic rings. The minimum Gasteiger partial charge on any atom is -0.494 e. The van der Waals surface area contributed by atoms with Crippen LogP contribution in [0.15, 0.2) is 42.5 Å². The highest BCUT2D eigenvalue weighted by atomic mass is 19.1. The molecule has 0 atom stereocenters. The van der Waals surface area contributed by atoms with Crippen LogP contribution in [0.25, 0.3) is 0 Å². The molecule has 4 rings (SSSR count). The molecule has 1 amide bonds. The van der Waals surface area contributed by atoms with Crippen LogP contribution in [0, 0.1) is 22.6 Å². The Labute approximate surface area is 182 Å². The van der Waals surface area contributed by atoms with Gasteiger partial charge in [0, 0.05) is 38.4 Å². The van der Waals surface area contributed by atoms with Crippen LogP contribution in [0.2, 0.25) is 0 Å². The number of ether oxygens (including phenoxy) is 1. The maximum atomic E-state index is 14.2. The molecular weight excluding hydrogens is 395 g/mol. The number of piperidine rings is 1. The van der Waals surface area contributed by atoms with Crippen LogP contribution >= 0.6 is 0 Å². The van der Waals surface area contributed by atoms with Crippen molar-refractivity contribution in [3.63, 3.8) is 0 Å². The Morgan fingerprint density at radius 2 is 1.94 bits per heavy atom. The number of benzene rings is 2. The summed E-state index contributed by atoms with van der Waals surface area (Å²) in [5.74, 6) is -0.167. The first-order valence-corrected chi connectivity index (χ1v) is 10.6. The van der Waals surface area contributed by atoms with Crippen LogP contribution in [-0.4, -0.2) is 50.6 Å². The summed E-state index contributed by atoms with van der Waals surface area (Å²) >= 11 is 0. The van der Waals surface area contributed by atoms with E-state index in [1.165, 1.54) is 13.2 Å². The molecule has 7 heteroatoms. The van der Waals surface area contributed by atoms with Gasteiger partial charge in [0.25, 0.3) is 0 Å². The largest absolute Gasteiger partial charge is 0.494 e. The first-order valence-electron chi connectivity index (χ1n) is 10.6. The predicted octanol–water partition coefficient (Wildman–Crippen LogP) is 2.92. The third-order valence-electron chi connectivity index (χ3n) is 6.45. The zero-order valence-electron chi connectivity index (χ0n) is 17.7. The van der Waals surface area contributed by atoms with Gasteiger partial charge in [0.05, 0.1) is 25.3 Å². The summed E-state index contributed by atoms with van der Waals surface area (Å²) in [6.45, 7) is 4.23. The Kier molecular flexibility index (Phi) is 6.10. The van der Waals surface area contributed by atoms with Gasteiger partial charge in [-0.3, -0.25) is 4.79 Å². The van der Waals surface area contributed by atoms with Crippen molar-refractivity contribution < 1.29 is 13.9 Å².